The number of nitrogens with zero attached hydrogens (tertiary/aromatic N) is 2. The molecule has 0 amide bonds. The first-order chi connectivity index (χ1) is 8.13. The molecule has 5 nitrogen and oxygen atoms in total. The molecule has 2 N–H and O–H groups in total. The quantitative estimate of drug-likeness (QED) is 0.778. The van der Waals surface area contributed by atoms with Crippen molar-refractivity contribution in [2.24, 2.45) is 0 Å². The molecule has 0 saturated carbocycles. The van der Waals surface area contributed by atoms with Crippen LogP contribution in [0.15, 0.2) is 12.1 Å². The molecule has 17 heavy (non-hydrogen) atoms. The zero-order valence-corrected chi connectivity index (χ0v) is 10.1. The van der Waals surface area contributed by atoms with Crippen molar-refractivity contribution in [2.45, 2.75) is 25.8 Å². The second-order valence-electron chi connectivity index (χ2n) is 4.22. The molecule has 1 aliphatic heterocycles. The van der Waals surface area contributed by atoms with Gasteiger partial charge in [0.05, 0.1) is 18.5 Å². The van der Waals surface area contributed by atoms with Gasteiger partial charge in [-0.3, -0.25) is 0 Å². The average Bonchev–Trinajstić information content (AvgIpc) is 2.80. The largest absolute Gasteiger partial charge is 0.467 e. The Labute approximate surface area is 101 Å². The minimum atomic E-state index is -0.212. The maximum Gasteiger partial charge on any atom is 0.328 e. The number of aryl methyl sites for hydroxylation is 1. The van der Waals surface area contributed by atoms with Crippen LogP contribution in [0, 0.1) is 6.92 Å². The lowest BCUT2D eigenvalue weighted by Gasteiger charge is -2.24. The summed E-state index contributed by atoms with van der Waals surface area (Å²) in [6, 6.07) is 3.46. The van der Waals surface area contributed by atoms with E-state index in [2.05, 4.69) is 4.98 Å². The summed E-state index contributed by atoms with van der Waals surface area (Å²) in [5, 5.41) is 0. The summed E-state index contributed by atoms with van der Waals surface area (Å²) >= 11 is 0. The smallest absolute Gasteiger partial charge is 0.328 e. The van der Waals surface area contributed by atoms with Crippen LogP contribution < -0.4 is 10.6 Å². The standard InChI is InChI=1S/C12H17N3O2/c1-8-9(13)5-6-11(14-8)15-7-3-4-10(15)12(16)17-2/h5-6,10H,3-4,7,13H2,1-2H3. The van der Waals surface area contributed by atoms with E-state index in [1.807, 2.05) is 24.0 Å². The molecule has 5 heteroatoms. The SMILES string of the molecule is COC(=O)C1CCCN1c1ccc(N)c(C)n1. The number of nitrogen functional groups attached to an aromatic ring is 1. The second kappa shape index (κ2) is 4.61. The Morgan fingerprint density at radius 2 is 2.35 bits per heavy atom. The molecule has 1 atom stereocenters. The Bertz CT molecular complexity index is 434. The Morgan fingerprint density at radius 3 is 3.00 bits per heavy atom. The summed E-state index contributed by atoms with van der Waals surface area (Å²) in [5.74, 6) is 0.600. The number of methoxy groups -OCH3 is 1. The van der Waals surface area contributed by atoms with Crippen LogP contribution >= 0.6 is 0 Å². The molecule has 0 radical (unpaired) electrons. The van der Waals surface area contributed by atoms with Gasteiger partial charge in [0, 0.05) is 6.54 Å². The van der Waals surface area contributed by atoms with E-state index in [4.69, 9.17) is 10.5 Å². The van der Waals surface area contributed by atoms with Crippen molar-refractivity contribution in [3.8, 4) is 0 Å². The molecule has 1 aromatic heterocycles. The summed E-state index contributed by atoms with van der Waals surface area (Å²) in [4.78, 5) is 18.0. The highest BCUT2D eigenvalue weighted by molar-refractivity contribution is 5.80. The summed E-state index contributed by atoms with van der Waals surface area (Å²) in [6.07, 6.45) is 1.79. The number of carbonyl (C=O) groups excluding carboxylic acids is 1. The van der Waals surface area contributed by atoms with Crippen LogP contribution in [0.5, 0.6) is 0 Å². The molecule has 0 aliphatic carbocycles. The first-order valence-electron chi connectivity index (χ1n) is 5.71. The monoisotopic (exact) mass is 235 g/mol. The van der Waals surface area contributed by atoms with Gasteiger partial charge in [0.2, 0.25) is 0 Å². The van der Waals surface area contributed by atoms with Gasteiger partial charge in [0.15, 0.2) is 0 Å². The molecule has 0 aromatic carbocycles. The fraction of sp³-hybridized carbons (Fsp3) is 0.500. The minimum Gasteiger partial charge on any atom is -0.467 e. The molecule has 1 saturated heterocycles. The number of rotatable bonds is 2. The molecule has 1 fully saturated rings. The van der Waals surface area contributed by atoms with Crippen LogP contribution in [0.2, 0.25) is 0 Å². The van der Waals surface area contributed by atoms with Gasteiger partial charge in [-0.1, -0.05) is 0 Å². The lowest BCUT2D eigenvalue weighted by Crippen LogP contribution is -2.37. The van der Waals surface area contributed by atoms with Crippen LogP contribution in [-0.2, 0) is 9.53 Å². The molecule has 1 aromatic rings. The highest BCUT2D eigenvalue weighted by Crippen LogP contribution is 2.25. The van der Waals surface area contributed by atoms with Gasteiger partial charge < -0.3 is 15.4 Å². The van der Waals surface area contributed by atoms with Crippen molar-refractivity contribution in [2.75, 3.05) is 24.3 Å². The van der Waals surface area contributed by atoms with Crippen LogP contribution in [-0.4, -0.2) is 30.6 Å². The van der Waals surface area contributed by atoms with E-state index >= 15 is 0 Å². The van der Waals surface area contributed by atoms with Crippen molar-refractivity contribution in [1.82, 2.24) is 4.98 Å². The predicted octanol–water partition coefficient (Wildman–Crippen LogP) is 1.11. The van der Waals surface area contributed by atoms with Gasteiger partial charge in [0.25, 0.3) is 0 Å². The molecule has 1 unspecified atom stereocenters. The lowest BCUT2D eigenvalue weighted by molar-refractivity contribution is -0.141. The zero-order valence-electron chi connectivity index (χ0n) is 10.1. The number of ether oxygens (including phenoxy) is 1. The van der Waals surface area contributed by atoms with Crippen LogP contribution in [0.4, 0.5) is 11.5 Å². The topological polar surface area (TPSA) is 68.5 Å². The van der Waals surface area contributed by atoms with Gasteiger partial charge in [-0.15, -0.1) is 0 Å². The maximum absolute atomic E-state index is 11.6. The van der Waals surface area contributed by atoms with Crippen LogP contribution in [0.25, 0.3) is 0 Å². The van der Waals surface area contributed by atoms with Crippen LogP contribution in [0.3, 0.4) is 0 Å². The third-order valence-electron chi connectivity index (χ3n) is 3.13. The molecule has 2 rings (SSSR count). The van der Waals surface area contributed by atoms with E-state index in [0.29, 0.717) is 5.69 Å². The van der Waals surface area contributed by atoms with Gasteiger partial charge in [-0.2, -0.15) is 0 Å². The third-order valence-corrected chi connectivity index (χ3v) is 3.13. The Balaban J connectivity index is 2.26. The fourth-order valence-electron chi connectivity index (χ4n) is 2.14. The van der Waals surface area contributed by atoms with Gasteiger partial charge in [-0.05, 0) is 31.9 Å². The van der Waals surface area contributed by atoms with Gasteiger partial charge in [-0.25, -0.2) is 9.78 Å². The number of carbonyl (C=O) groups is 1. The van der Waals surface area contributed by atoms with E-state index in [9.17, 15) is 4.79 Å². The van der Waals surface area contributed by atoms with Crippen molar-refractivity contribution in [3.05, 3.63) is 17.8 Å². The fourth-order valence-corrected chi connectivity index (χ4v) is 2.14. The van der Waals surface area contributed by atoms with Crippen LogP contribution in [0.1, 0.15) is 18.5 Å². The number of nitrogens with two attached hydrogens (primary N) is 1. The molecule has 0 bridgehead atoms. The number of hydrogen-bond donors (Lipinski definition) is 1. The number of hydrogen-bond acceptors (Lipinski definition) is 5. The van der Waals surface area contributed by atoms with E-state index in [1.165, 1.54) is 7.11 Å². The number of pyridine rings is 1. The van der Waals surface area contributed by atoms with Crippen molar-refractivity contribution in [1.29, 1.82) is 0 Å². The Morgan fingerprint density at radius 1 is 1.59 bits per heavy atom. The highest BCUT2D eigenvalue weighted by atomic mass is 16.5. The third kappa shape index (κ3) is 2.18. The maximum atomic E-state index is 11.6. The van der Waals surface area contributed by atoms with Crippen molar-refractivity contribution >= 4 is 17.5 Å². The Kier molecular flexibility index (Phi) is 3.17. The Hall–Kier alpha value is -1.78. The van der Waals surface area contributed by atoms with Crippen molar-refractivity contribution < 1.29 is 9.53 Å². The van der Waals surface area contributed by atoms with E-state index in [1.54, 1.807) is 0 Å². The number of esters is 1. The van der Waals surface area contributed by atoms with E-state index in [-0.39, 0.29) is 12.0 Å². The molecular weight excluding hydrogens is 218 g/mol. The first kappa shape index (κ1) is 11.7. The number of anilines is 2. The molecular formula is C12H17N3O2. The average molecular weight is 235 g/mol. The zero-order chi connectivity index (χ0) is 12.4. The van der Waals surface area contributed by atoms with Gasteiger partial charge in [0.1, 0.15) is 11.9 Å². The first-order valence-corrected chi connectivity index (χ1v) is 5.71. The van der Waals surface area contributed by atoms with E-state index < -0.39 is 0 Å². The molecule has 92 valence electrons. The summed E-state index contributed by atoms with van der Waals surface area (Å²) in [6.45, 7) is 2.69. The summed E-state index contributed by atoms with van der Waals surface area (Å²) in [7, 11) is 1.42. The van der Waals surface area contributed by atoms with E-state index in [0.717, 1.165) is 30.9 Å². The normalized spacial score (nSPS) is 19.4. The minimum absolute atomic E-state index is 0.196. The number of aromatic nitrogens is 1. The second-order valence-corrected chi connectivity index (χ2v) is 4.22. The van der Waals surface area contributed by atoms with Gasteiger partial charge >= 0.3 is 5.97 Å². The molecule has 2 heterocycles. The summed E-state index contributed by atoms with van der Waals surface area (Å²) < 4.78 is 4.81. The lowest BCUT2D eigenvalue weighted by atomic mass is 10.2. The molecule has 0 spiro atoms. The molecule has 1 aliphatic rings. The highest BCUT2D eigenvalue weighted by Gasteiger charge is 2.32. The predicted molar refractivity (Wildman–Crippen MR) is 65.8 cm³/mol. The van der Waals surface area contributed by atoms with Crippen molar-refractivity contribution in [3.63, 3.8) is 0 Å². The summed E-state index contributed by atoms with van der Waals surface area (Å²) in [5.41, 5.74) is 7.19.